The first kappa shape index (κ1) is 9.30. The molecule has 0 saturated heterocycles. The van der Waals surface area contributed by atoms with Crippen LogP contribution in [0, 0.1) is 12.3 Å². The van der Waals surface area contributed by atoms with E-state index in [1.165, 1.54) is 5.56 Å². The third kappa shape index (κ3) is 1.42. The SMILES string of the molecule is C#CCCC1(O)CCc2ccccc21. The molecule has 0 spiro atoms. The van der Waals surface area contributed by atoms with E-state index < -0.39 is 5.60 Å². The molecule has 72 valence electrons. The summed E-state index contributed by atoms with van der Waals surface area (Å²) in [6.45, 7) is 0. The van der Waals surface area contributed by atoms with E-state index in [1.807, 2.05) is 18.2 Å². The van der Waals surface area contributed by atoms with Gasteiger partial charge in [0, 0.05) is 6.42 Å². The van der Waals surface area contributed by atoms with Gasteiger partial charge in [0.2, 0.25) is 0 Å². The Kier molecular flexibility index (Phi) is 2.31. The summed E-state index contributed by atoms with van der Waals surface area (Å²) in [7, 11) is 0. The van der Waals surface area contributed by atoms with E-state index in [0.29, 0.717) is 12.8 Å². The lowest BCUT2D eigenvalue weighted by atomic mass is 9.91. The molecule has 0 aromatic heterocycles. The smallest absolute Gasteiger partial charge is 0.0911 e. The lowest BCUT2D eigenvalue weighted by molar-refractivity contribution is 0.0310. The molecular weight excluding hydrogens is 172 g/mol. The van der Waals surface area contributed by atoms with Gasteiger partial charge in [-0.25, -0.2) is 0 Å². The number of fused-ring (bicyclic) bond motifs is 1. The van der Waals surface area contributed by atoms with Crippen LogP contribution in [0.5, 0.6) is 0 Å². The lowest BCUT2D eigenvalue weighted by Crippen LogP contribution is -2.21. The van der Waals surface area contributed by atoms with Crippen LogP contribution in [0.1, 0.15) is 30.4 Å². The minimum atomic E-state index is -0.664. The normalized spacial score (nSPS) is 24.3. The highest BCUT2D eigenvalue weighted by Gasteiger charge is 2.35. The standard InChI is InChI=1S/C13H14O/c1-2-3-9-13(14)10-8-11-6-4-5-7-12(11)13/h1,4-7,14H,3,8-10H2. The van der Waals surface area contributed by atoms with Crippen molar-refractivity contribution >= 4 is 0 Å². The first-order chi connectivity index (χ1) is 6.76. The van der Waals surface area contributed by atoms with Crippen molar-refractivity contribution in [1.29, 1.82) is 0 Å². The zero-order valence-corrected chi connectivity index (χ0v) is 8.16. The van der Waals surface area contributed by atoms with Crippen LogP contribution in [0.3, 0.4) is 0 Å². The zero-order chi connectivity index (χ0) is 10.0. The molecule has 1 aliphatic rings. The highest BCUT2D eigenvalue weighted by atomic mass is 16.3. The van der Waals surface area contributed by atoms with Crippen molar-refractivity contribution in [3.8, 4) is 12.3 Å². The Labute approximate surface area is 84.8 Å². The highest BCUT2D eigenvalue weighted by molar-refractivity contribution is 5.37. The predicted molar refractivity (Wildman–Crippen MR) is 56.7 cm³/mol. The van der Waals surface area contributed by atoms with E-state index in [0.717, 1.165) is 18.4 Å². The van der Waals surface area contributed by atoms with Crippen LogP contribution in [-0.4, -0.2) is 5.11 Å². The Morgan fingerprint density at radius 2 is 2.21 bits per heavy atom. The van der Waals surface area contributed by atoms with Gasteiger partial charge in [-0.15, -0.1) is 12.3 Å². The molecule has 1 heteroatoms. The molecule has 0 amide bonds. The summed E-state index contributed by atoms with van der Waals surface area (Å²) in [5.74, 6) is 2.59. The van der Waals surface area contributed by atoms with Crippen molar-refractivity contribution < 1.29 is 5.11 Å². The molecule has 1 nitrogen and oxygen atoms in total. The van der Waals surface area contributed by atoms with Gasteiger partial charge in [-0.2, -0.15) is 0 Å². The number of terminal acetylenes is 1. The minimum Gasteiger partial charge on any atom is -0.385 e. The Hall–Kier alpha value is -1.26. The molecule has 0 heterocycles. The quantitative estimate of drug-likeness (QED) is 0.702. The second kappa shape index (κ2) is 3.48. The lowest BCUT2D eigenvalue weighted by Gasteiger charge is -2.22. The van der Waals surface area contributed by atoms with E-state index in [-0.39, 0.29) is 0 Å². The molecule has 0 aliphatic heterocycles. The maximum absolute atomic E-state index is 10.4. The Balaban J connectivity index is 2.29. The molecule has 0 bridgehead atoms. The molecular formula is C13H14O. The molecule has 1 atom stereocenters. The largest absolute Gasteiger partial charge is 0.385 e. The molecule has 0 fully saturated rings. The Bertz CT molecular complexity index is 375. The van der Waals surface area contributed by atoms with Crippen molar-refractivity contribution in [2.75, 3.05) is 0 Å². The van der Waals surface area contributed by atoms with Gasteiger partial charge in [-0.3, -0.25) is 0 Å². The summed E-state index contributed by atoms with van der Waals surface area (Å²) >= 11 is 0. The fourth-order valence-corrected chi connectivity index (χ4v) is 2.21. The zero-order valence-electron chi connectivity index (χ0n) is 8.16. The van der Waals surface area contributed by atoms with Crippen molar-refractivity contribution in [3.05, 3.63) is 35.4 Å². The van der Waals surface area contributed by atoms with Crippen molar-refractivity contribution in [1.82, 2.24) is 0 Å². The Morgan fingerprint density at radius 1 is 1.43 bits per heavy atom. The average Bonchev–Trinajstić information content (AvgIpc) is 2.55. The number of aliphatic hydroxyl groups is 1. The molecule has 1 aromatic carbocycles. The monoisotopic (exact) mass is 186 g/mol. The van der Waals surface area contributed by atoms with Crippen LogP contribution >= 0.6 is 0 Å². The molecule has 1 unspecified atom stereocenters. The highest BCUT2D eigenvalue weighted by Crippen LogP contribution is 2.39. The Morgan fingerprint density at radius 3 is 3.00 bits per heavy atom. The molecule has 1 aromatic rings. The third-order valence-electron chi connectivity index (χ3n) is 3.01. The van der Waals surface area contributed by atoms with E-state index >= 15 is 0 Å². The predicted octanol–water partition coefficient (Wildman–Crippen LogP) is 2.23. The summed E-state index contributed by atoms with van der Waals surface area (Å²) in [5.41, 5.74) is 1.69. The number of hydrogen-bond acceptors (Lipinski definition) is 1. The van der Waals surface area contributed by atoms with Crippen LogP contribution < -0.4 is 0 Å². The van der Waals surface area contributed by atoms with Gasteiger partial charge in [-0.1, -0.05) is 24.3 Å². The van der Waals surface area contributed by atoms with Crippen molar-refractivity contribution in [2.45, 2.75) is 31.3 Å². The summed E-state index contributed by atoms with van der Waals surface area (Å²) in [4.78, 5) is 0. The molecule has 0 radical (unpaired) electrons. The van der Waals surface area contributed by atoms with E-state index in [4.69, 9.17) is 6.42 Å². The summed E-state index contributed by atoms with van der Waals surface area (Å²) < 4.78 is 0. The van der Waals surface area contributed by atoms with Crippen molar-refractivity contribution in [3.63, 3.8) is 0 Å². The van der Waals surface area contributed by atoms with Crippen LogP contribution in [-0.2, 0) is 12.0 Å². The van der Waals surface area contributed by atoms with Gasteiger partial charge in [0.25, 0.3) is 0 Å². The maximum Gasteiger partial charge on any atom is 0.0911 e. The maximum atomic E-state index is 10.4. The minimum absolute atomic E-state index is 0.644. The van der Waals surface area contributed by atoms with Crippen molar-refractivity contribution in [2.24, 2.45) is 0 Å². The van der Waals surface area contributed by atoms with Gasteiger partial charge in [0.05, 0.1) is 5.60 Å². The topological polar surface area (TPSA) is 20.2 Å². The summed E-state index contributed by atoms with van der Waals surface area (Å²) in [5, 5.41) is 10.4. The van der Waals surface area contributed by atoms with Gasteiger partial charge in [0.15, 0.2) is 0 Å². The first-order valence-corrected chi connectivity index (χ1v) is 5.00. The van der Waals surface area contributed by atoms with E-state index in [1.54, 1.807) is 0 Å². The van der Waals surface area contributed by atoms with Crippen LogP contribution in [0.4, 0.5) is 0 Å². The van der Waals surface area contributed by atoms with Gasteiger partial charge in [0.1, 0.15) is 0 Å². The number of aryl methyl sites for hydroxylation is 1. The fraction of sp³-hybridized carbons (Fsp3) is 0.385. The molecule has 14 heavy (non-hydrogen) atoms. The van der Waals surface area contributed by atoms with Crippen LogP contribution in [0.2, 0.25) is 0 Å². The molecule has 1 aliphatic carbocycles. The summed E-state index contributed by atoms with van der Waals surface area (Å²) in [6.07, 6.45) is 8.33. The van der Waals surface area contributed by atoms with Crippen LogP contribution in [0.25, 0.3) is 0 Å². The molecule has 2 rings (SSSR count). The van der Waals surface area contributed by atoms with E-state index in [2.05, 4.69) is 12.0 Å². The average molecular weight is 186 g/mol. The number of hydrogen-bond donors (Lipinski definition) is 1. The van der Waals surface area contributed by atoms with Gasteiger partial charge in [-0.05, 0) is 30.4 Å². The van der Waals surface area contributed by atoms with E-state index in [9.17, 15) is 5.11 Å². The van der Waals surface area contributed by atoms with Gasteiger partial charge < -0.3 is 5.11 Å². The summed E-state index contributed by atoms with van der Waals surface area (Å²) in [6, 6.07) is 8.10. The molecule has 0 saturated carbocycles. The first-order valence-electron chi connectivity index (χ1n) is 5.00. The number of rotatable bonds is 2. The second-order valence-electron chi connectivity index (χ2n) is 3.89. The van der Waals surface area contributed by atoms with Gasteiger partial charge >= 0.3 is 0 Å². The second-order valence-corrected chi connectivity index (χ2v) is 3.89. The van der Waals surface area contributed by atoms with Crippen LogP contribution in [0.15, 0.2) is 24.3 Å². The third-order valence-corrected chi connectivity index (χ3v) is 3.01. The fourth-order valence-electron chi connectivity index (χ4n) is 2.21. The number of benzene rings is 1. The molecule has 1 N–H and O–H groups in total.